The van der Waals surface area contributed by atoms with Crippen LogP contribution in [0.4, 0.5) is 0 Å². The van der Waals surface area contributed by atoms with Crippen molar-refractivity contribution in [2.45, 2.75) is 0 Å². The second kappa shape index (κ2) is 8.20. The molecular formula is C2H4BaO4Pt. The van der Waals surface area contributed by atoms with Crippen molar-refractivity contribution >= 4 is 60.8 Å². The third kappa shape index (κ3) is 10.2. The minimum atomic E-state index is -1.82. The third-order valence-corrected chi connectivity index (χ3v) is 0.183. The SMILES string of the molecule is O=C(O)C(=O)O.[Ba+2].[H-].[H-].[Pt]. The molecule has 0 fully saturated rings. The van der Waals surface area contributed by atoms with E-state index in [0.29, 0.717) is 0 Å². The molecule has 0 unspecified atom stereocenters. The van der Waals surface area contributed by atoms with Gasteiger partial charge in [0.05, 0.1) is 0 Å². The summed E-state index contributed by atoms with van der Waals surface area (Å²) >= 11 is 0. The Kier molecular flexibility index (Phi) is 16.5. The van der Waals surface area contributed by atoms with E-state index in [1.54, 1.807) is 0 Å². The van der Waals surface area contributed by atoms with Crippen LogP contribution in [0.2, 0.25) is 0 Å². The van der Waals surface area contributed by atoms with Crippen molar-refractivity contribution in [3.05, 3.63) is 0 Å². The van der Waals surface area contributed by atoms with Crippen LogP contribution in [0, 0.1) is 0 Å². The van der Waals surface area contributed by atoms with Gasteiger partial charge in [-0.2, -0.15) is 0 Å². The second-order valence-corrected chi connectivity index (χ2v) is 0.610. The summed E-state index contributed by atoms with van der Waals surface area (Å²) in [5.41, 5.74) is 0. The average molecular weight is 424 g/mol. The molecule has 0 spiro atoms. The first-order chi connectivity index (χ1) is 2.64. The van der Waals surface area contributed by atoms with Crippen LogP contribution in [0.15, 0.2) is 0 Å². The standard InChI is InChI=1S/C2H2O4.Ba.Pt.2H/c3-1(4)2(5)6;;;;/h(H,3,4)(H,5,6);;;;/q;+2;;2*-1. The summed E-state index contributed by atoms with van der Waals surface area (Å²) in [7, 11) is 0. The first kappa shape index (κ1) is 16.1. The van der Waals surface area contributed by atoms with Crippen molar-refractivity contribution in [1.82, 2.24) is 0 Å². The van der Waals surface area contributed by atoms with Crippen LogP contribution in [0.3, 0.4) is 0 Å². The maximum absolute atomic E-state index is 9.10. The minimum Gasteiger partial charge on any atom is -1.00 e. The Hall–Kier alpha value is 1.20. The van der Waals surface area contributed by atoms with E-state index in [9.17, 15) is 0 Å². The molecule has 0 rings (SSSR count). The van der Waals surface area contributed by atoms with Crippen molar-refractivity contribution in [2.75, 3.05) is 0 Å². The number of rotatable bonds is 0. The molecule has 2 N–H and O–H groups in total. The fourth-order valence-electron chi connectivity index (χ4n) is 0. The number of carbonyl (C=O) groups is 2. The van der Waals surface area contributed by atoms with Crippen LogP contribution in [-0.2, 0) is 30.7 Å². The van der Waals surface area contributed by atoms with Crippen LogP contribution in [0.25, 0.3) is 0 Å². The molecule has 0 saturated heterocycles. The molecule has 0 aliphatic rings. The molecule has 6 heteroatoms. The number of carboxylic acid groups (broad SMARTS) is 2. The van der Waals surface area contributed by atoms with Crippen molar-refractivity contribution in [3.8, 4) is 0 Å². The Morgan fingerprint density at radius 2 is 1.25 bits per heavy atom. The van der Waals surface area contributed by atoms with E-state index in [0.717, 1.165) is 0 Å². The summed E-state index contributed by atoms with van der Waals surface area (Å²) < 4.78 is 0. The van der Waals surface area contributed by atoms with Crippen LogP contribution in [0.1, 0.15) is 2.85 Å². The Labute approximate surface area is 103 Å². The quantitative estimate of drug-likeness (QED) is 0.387. The van der Waals surface area contributed by atoms with Crippen molar-refractivity contribution < 1.29 is 43.7 Å². The molecule has 0 radical (unpaired) electrons. The molecule has 4 nitrogen and oxygen atoms in total. The van der Waals surface area contributed by atoms with Gasteiger partial charge >= 0.3 is 60.8 Å². The molecule has 0 aromatic carbocycles. The van der Waals surface area contributed by atoms with E-state index < -0.39 is 11.9 Å². The zero-order chi connectivity index (χ0) is 5.15. The van der Waals surface area contributed by atoms with E-state index >= 15 is 0 Å². The molecule has 0 aromatic rings. The first-order valence-corrected chi connectivity index (χ1v) is 1.11. The summed E-state index contributed by atoms with van der Waals surface area (Å²) in [5, 5.41) is 14.8. The Bertz CT molecular complexity index is 87.3. The van der Waals surface area contributed by atoms with Gasteiger partial charge in [-0.25, -0.2) is 9.59 Å². The second-order valence-electron chi connectivity index (χ2n) is 0.610. The molecule has 0 amide bonds. The van der Waals surface area contributed by atoms with Gasteiger partial charge in [-0.05, 0) is 0 Å². The monoisotopic (exact) mass is 425 g/mol. The summed E-state index contributed by atoms with van der Waals surface area (Å²) in [6.45, 7) is 0. The van der Waals surface area contributed by atoms with E-state index in [4.69, 9.17) is 19.8 Å². The van der Waals surface area contributed by atoms with Crippen LogP contribution >= 0.6 is 0 Å². The molecule has 0 aromatic heterocycles. The van der Waals surface area contributed by atoms with Gasteiger partial charge in [-0.1, -0.05) is 0 Å². The molecule has 0 saturated carbocycles. The largest absolute Gasteiger partial charge is 2.00 e. The molecule has 0 atom stereocenters. The molecule has 0 aliphatic carbocycles. The predicted octanol–water partition coefficient (Wildman–Crippen LogP) is -1.00. The average Bonchev–Trinajstić information content (AvgIpc) is 1.36. The van der Waals surface area contributed by atoms with Crippen LogP contribution in [0.5, 0.6) is 0 Å². The van der Waals surface area contributed by atoms with Gasteiger partial charge in [0.15, 0.2) is 0 Å². The van der Waals surface area contributed by atoms with Gasteiger partial charge in [-0.3, -0.25) is 0 Å². The van der Waals surface area contributed by atoms with Gasteiger partial charge < -0.3 is 13.1 Å². The zero-order valence-electron chi connectivity index (χ0n) is 5.73. The molecule has 0 bridgehead atoms. The molecule has 8 heavy (non-hydrogen) atoms. The smallest absolute Gasteiger partial charge is 1.00 e. The summed E-state index contributed by atoms with van der Waals surface area (Å²) in [6, 6.07) is 0. The molecule has 48 valence electrons. The zero-order valence-corrected chi connectivity index (χ0v) is 10.4. The Morgan fingerprint density at radius 1 is 1.12 bits per heavy atom. The Morgan fingerprint density at radius 3 is 1.25 bits per heavy atom. The van der Waals surface area contributed by atoms with E-state index in [1.807, 2.05) is 0 Å². The topological polar surface area (TPSA) is 74.6 Å². The van der Waals surface area contributed by atoms with Crippen LogP contribution < -0.4 is 0 Å². The number of aliphatic carboxylic acids is 2. The first-order valence-electron chi connectivity index (χ1n) is 1.11. The van der Waals surface area contributed by atoms with Crippen LogP contribution in [-0.4, -0.2) is 71.0 Å². The number of hydrogen-bond donors (Lipinski definition) is 2. The molecule has 0 heterocycles. The van der Waals surface area contributed by atoms with Gasteiger partial charge in [0, 0.05) is 21.1 Å². The maximum atomic E-state index is 9.10. The normalized spacial score (nSPS) is 5.50. The minimum absolute atomic E-state index is 0. The van der Waals surface area contributed by atoms with E-state index in [-0.39, 0.29) is 72.8 Å². The number of carboxylic acids is 2. The Balaban J connectivity index is -0.0000000208. The maximum Gasteiger partial charge on any atom is 2.00 e. The fraction of sp³-hybridized carbons (Fsp3) is 0. The van der Waals surface area contributed by atoms with Crippen molar-refractivity contribution in [3.63, 3.8) is 0 Å². The summed E-state index contributed by atoms with van der Waals surface area (Å²) in [5.74, 6) is -3.65. The fourth-order valence-corrected chi connectivity index (χ4v) is 0. The molecule has 0 aliphatic heterocycles. The van der Waals surface area contributed by atoms with Gasteiger partial charge in [0.1, 0.15) is 0 Å². The van der Waals surface area contributed by atoms with E-state index in [1.165, 1.54) is 0 Å². The number of hydrogen-bond acceptors (Lipinski definition) is 2. The van der Waals surface area contributed by atoms with E-state index in [2.05, 4.69) is 0 Å². The third-order valence-electron chi connectivity index (χ3n) is 0.183. The van der Waals surface area contributed by atoms with Crippen molar-refractivity contribution in [2.24, 2.45) is 0 Å². The summed E-state index contributed by atoms with van der Waals surface area (Å²) in [6.07, 6.45) is 0. The van der Waals surface area contributed by atoms with Gasteiger partial charge in [0.25, 0.3) is 0 Å². The van der Waals surface area contributed by atoms with Gasteiger partial charge in [-0.15, -0.1) is 0 Å². The molecular weight excluding hydrogens is 420 g/mol. The van der Waals surface area contributed by atoms with Crippen molar-refractivity contribution in [1.29, 1.82) is 0 Å². The van der Waals surface area contributed by atoms with Gasteiger partial charge in [0.2, 0.25) is 0 Å². The predicted molar refractivity (Wildman–Crippen MR) is 23.2 cm³/mol. The summed E-state index contributed by atoms with van der Waals surface area (Å²) in [4.78, 5) is 18.2.